The molecule has 0 bridgehead atoms. The maximum absolute atomic E-state index is 12.1. The Morgan fingerprint density at radius 2 is 1.92 bits per heavy atom. The Kier molecular flexibility index (Phi) is 4.96. The summed E-state index contributed by atoms with van der Waals surface area (Å²) < 4.78 is 7.29. The Balaban J connectivity index is 1.23. The van der Waals surface area contributed by atoms with Gasteiger partial charge in [-0.3, -0.25) is 9.48 Å². The summed E-state index contributed by atoms with van der Waals surface area (Å²) in [5, 5.41) is 7.83. The number of carbonyl (C=O) groups is 1. The highest BCUT2D eigenvalue weighted by Crippen LogP contribution is 2.44. The summed E-state index contributed by atoms with van der Waals surface area (Å²) in [6.45, 7) is 1.42. The van der Waals surface area contributed by atoms with Gasteiger partial charge in [0.15, 0.2) is 0 Å². The van der Waals surface area contributed by atoms with Crippen molar-refractivity contribution in [2.75, 3.05) is 13.7 Å². The van der Waals surface area contributed by atoms with Crippen LogP contribution in [0.2, 0.25) is 0 Å². The summed E-state index contributed by atoms with van der Waals surface area (Å²) in [5.41, 5.74) is 3.79. The van der Waals surface area contributed by atoms with Gasteiger partial charge in [0.2, 0.25) is 5.91 Å². The number of ether oxygens (including phenoxy) is 1. The van der Waals surface area contributed by atoms with Gasteiger partial charge in [0.25, 0.3) is 0 Å². The smallest absolute Gasteiger partial charge is 0.220 e. The molecule has 1 heterocycles. The van der Waals surface area contributed by atoms with Gasteiger partial charge in [-0.1, -0.05) is 12.1 Å². The van der Waals surface area contributed by atoms with Crippen molar-refractivity contribution in [2.24, 2.45) is 0 Å². The first-order valence-corrected chi connectivity index (χ1v) is 9.70. The second-order valence-corrected chi connectivity index (χ2v) is 7.46. The van der Waals surface area contributed by atoms with E-state index in [2.05, 4.69) is 16.1 Å². The number of aryl methyl sites for hydroxylation is 1. The van der Waals surface area contributed by atoms with E-state index in [9.17, 15) is 4.79 Å². The quantitative estimate of drug-likeness (QED) is 0.752. The standard InChI is InChI=1S/C21H27N3O2/c1-26-18-9-2-15(3-10-18)4-11-21(25)22-12-13-24-20(17-7-8-17)14-19(23-24)16-5-6-16/h2-3,9-10,14,16-17H,4-8,11-13H2,1H3,(H,22,25). The summed E-state index contributed by atoms with van der Waals surface area (Å²) >= 11 is 0. The van der Waals surface area contributed by atoms with Crippen molar-refractivity contribution in [1.29, 1.82) is 0 Å². The Bertz CT molecular complexity index is 758. The largest absolute Gasteiger partial charge is 0.497 e. The zero-order chi connectivity index (χ0) is 17.9. The number of hydrogen-bond donors (Lipinski definition) is 1. The fourth-order valence-electron chi connectivity index (χ4n) is 3.36. The number of aromatic nitrogens is 2. The average molecular weight is 353 g/mol. The molecule has 138 valence electrons. The van der Waals surface area contributed by atoms with Crippen molar-refractivity contribution in [3.63, 3.8) is 0 Å². The molecule has 5 nitrogen and oxygen atoms in total. The van der Waals surface area contributed by atoms with Crippen LogP contribution in [-0.2, 0) is 17.8 Å². The van der Waals surface area contributed by atoms with Crippen molar-refractivity contribution < 1.29 is 9.53 Å². The third-order valence-corrected chi connectivity index (χ3v) is 5.27. The molecule has 0 aliphatic heterocycles. The third-order valence-electron chi connectivity index (χ3n) is 5.27. The van der Waals surface area contributed by atoms with Gasteiger partial charge in [0, 0.05) is 30.5 Å². The molecule has 1 amide bonds. The molecule has 2 saturated carbocycles. The van der Waals surface area contributed by atoms with E-state index in [-0.39, 0.29) is 5.91 Å². The summed E-state index contributed by atoms with van der Waals surface area (Å²) in [6.07, 6.45) is 6.38. The number of nitrogens with one attached hydrogen (secondary N) is 1. The highest BCUT2D eigenvalue weighted by atomic mass is 16.5. The number of carbonyl (C=O) groups excluding carboxylic acids is 1. The molecule has 0 saturated heterocycles. The molecule has 2 aliphatic rings. The highest BCUT2D eigenvalue weighted by Gasteiger charge is 2.32. The Hall–Kier alpha value is -2.30. The summed E-state index contributed by atoms with van der Waals surface area (Å²) in [6, 6.07) is 10.2. The lowest BCUT2D eigenvalue weighted by Gasteiger charge is -2.09. The van der Waals surface area contributed by atoms with Crippen molar-refractivity contribution >= 4 is 5.91 Å². The van der Waals surface area contributed by atoms with Crippen LogP contribution in [0.4, 0.5) is 0 Å². The van der Waals surface area contributed by atoms with Crippen LogP contribution in [0.3, 0.4) is 0 Å². The molecule has 2 aliphatic carbocycles. The SMILES string of the molecule is COc1ccc(CCC(=O)NCCn2nc(C3CC3)cc2C2CC2)cc1. The highest BCUT2D eigenvalue weighted by molar-refractivity contribution is 5.76. The molecule has 2 aromatic rings. The van der Waals surface area contributed by atoms with Gasteiger partial charge in [0.1, 0.15) is 5.75 Å². The minimum Gasteiger partial charge on any atom is -0.497 e. The average Bonchev–Trinajstić information content (AvgIpc) is 3.59. The minimum atomic E-state index is 0.100. The van der Waals surface area contributed by atoms with Crippen LogP contribution in [-0.4, -0.2) is 29.3 Å². The van der Waals surface area contributed by atoms with Crippen molar-refractivity contribution in [2.45, 2.75) is 56.9 Å². The molecule has 0 atom stereocenters. The molecule has 1 aromatic heterocycles. The number of amides is 1. The van der Waals surface area contributed by atoms with Crippen molar-refractivity contribution in [1.82, 2.24) is 15.1 Å². The van der Waals surface area contributed by atoms with Gasteiger partial charge in [-0.15, -0.1) is 0 Å². The molecule has 0 unspecified atom stereocenters. The lowest BCUT2D eigenvalue weighted by atomic mass is 10.1. The summed E-state index contributed by atoms with van der Waals surface area (Å²) in [7, 11) is 1.66. The van der Waals surface area contributed by atoms with Crippen LogP contribution in [0.5, 0.6) is 5.75 Å². The van der Waals surface area contributed by atoms with Crippen molar-refractivity contribution in [3.8, 4) is 5.75 Å². The lowest BCUT2D eigenvalue weighted by Crippen LogP contribution is -2.28. The van der Waals surface area contributed by atoms with Crippen LogP contribution in [0, 0.1) is 0 Å². The molecule has 1 aromatic carbocycles. The number of rotatable bonds is 9. The predicted octanol–water partition coefficient (Wildman–Crippen LogP) is 3.40. The molecular formula is C21H27N3O2. The second kappa shape index (κ2) is 7.52. The first-order valence-electron chi connectivity index (χ1n) is 9.70. The van der Waals surface area contributed by atoms with Gasteiger partial charge in [-0.2, -0.15) is 5.10 Å². The van der Waals surface area contributed by atoms with Crippen molar-refractivity contribution in [3.05, 3.63) is 47.3 Å². The zero-order valence-electron chi connectivity index (χ0n) is 15.4. The number of methoxy groups -OCH3 is 1. The van der Waals surface area contributed by atoms with E-state index in [0.29, 0.717) is 24.8 Å². The van der Waals surface area contributed by atoms with E-state index in [4.69, 9.17) is 9.84 Å². The molecule has 1 N–H and O–H groups in total. The molecule has 4 rings (SSSR count). The third kappa shape index (κ3) is 4.26. The normalized spacial score (nSPS) is 16.5. The van der Waals surface area contributed by atoms with E-state index in [0.717, 1.165) is 24.3 Å². The summed E-state index contributed by atoms with van der Waals surface area (Å²) in [5.74, 6) is 2.33. The van der Waals surface area contributed by atoms with E-state index < -0.39 is 0 Å². The topological polar surface area (TPSA) is 56.1 Å². The van der Waals surface area contributed by atoms with Crippen LogP contribution < -0.4 is 10.1 Å². The van der Waals surface area contributed by atoms with Crippen LogP contribution in [0.1, 0.15) is 60.9 Å². The van der Waals surface area contributed by atoms with Crippen LogP contribution in [0.25, 0.3) is 0 Å². The minimum absolute atomic E-state index is 0.100. The fraction of sp³-hybridized carbons (Fsp3) is 0.524. The zero-order valence-corrected chi connectivity index (χ0v) is 15.4. The molecule has 2 fully saturated rings. The molecule has 5 heteroatoms. The maximum atomic E-state index is 12.1. The number of nitrogens with zero attached hydrogens (tertiary/aromatic N) is 2. The van der Waals surface area contributed by atoms with E-state index in [1.54, 1.807) is 7.11 Å². The number of benzene rings is 1. The van der Waals surface area contributed by atoms with E-state index in [1.807, 2.05) is 24.3 Å². The van der Waals surface area contributed by atoms with Gasteiger partial charge >= 0.3 is 0 Å². The Morgan fingerprint density at radius 3 is 2.58 bits per heavy atom. The number of hydrogen-bond acceptors (Lipinski definition) is 3. The van der Waals surface area contributed by atoms with Gasteiger partial charge in [-0.05, 0) is 55.9 Å². The van der Waals surface area contributed by atoms with Gasteiger partial charge < -0.3 is 10.1 Å². The van der Waals surface area contributed by atoms with E-state index in [1.165, 1.54) is 37.1 Å². The maximum Gasteiger partial charge on any atom is 0.220 e. The Morgan fingerprint density at radius 1 is 1.19 bits per heavy atom. The van der Waals surface area contributed by atoms with Crippen LogP contribution in [0.15, 0.2) is 30.3 Å². The predicted molar refractivity (Wildman–Crippen MR) is 101 cm³/mol. The monoisotopic (exact) mass is 353 g/mol. The fourth-order valence-corrected chi connectivity index (χ4v) is 3.36. The lowest BCUT2D eigenvalue weighted by molar-refractivity contribution is -0.121. The van der Waals surface area contributed by atoms with Crippen LogP contribution >= 0.6 is 0 Å². The Labute approximate surface area is 154 Å². The molecule has 0 spiro atoms. The van der Waals surface area contributed by atoms with Gasteiger partial charge in [0.05, 0.1) is 19.3 Å². The second-order valence-electron chi connectivity index (χ2n) is 7.46. The van der Waals surface area contributed by atoms with E-state index >= 15 is 0 Å². The summed E-state index contributed by atoms with van der Waals surface area (Å²) in [4.78, 5) is 12.1. The molecule has 0 radical (unpaired) electrons. The first kappa shape index (κ1) is 17.1. The van der Waals surface area contributed by atoms with Gasteiger partial charge in [-0.25, -0.2) is 0 Å². The first-order chi connectivity index (χ1) is 12.7. The molecule has 26 heavy (non-hydrogen) atoms. The molecular weight excluding hydrogens is 326 g/mol.